The maximum atomic E-state index is 12.1. The van der Waals surface area contributed by atoms with Crippen LogP contribution in [0.5, 0.6) is 0 Å². The number of ether oxygens (including phenoxy) is 1. The van der Waals surface area contributed by atoms with E-state index in [1.807, 2.05) is 0 Å². The van der Waals surface area contributed by atoms with E-state index in [1.165, 1.54) is 0 Å². The molecule has 112 valence electrons. The van der Waals surface area contributed by atoms with Crippen molar-refractivity contribution in [3.05, 3.63) is 0 Å². The van der Waals surface area contributed by atoms with E-state index in [2.05, 4.69) is 16.0 Å². The number of carbonyl (C=O) groups excluding carboxylic acids is 3. The number of hydrogen-bond donors (Lipinski definition) is 3. The van der Waals surface area contributed by atoms with Crippen molar-refractivity contribution in [1.29, 1.82) is 0 Å². The van der Waals surface area contributed by atoms with Gasteiger partial charge in [0, 0.05) is 25.5 Å². The van der Waals surface area contributed by atoms with Crippen LogP contribution < -0.4 is 16.0 Å². The Morgan fingerprint density at radius 1 is 1.45 bits per heavy atom. The zero-order valence-electron chi connectivity index (χ0n) is 11.7. The molecule has 1 aliphatic carbocycles. The third-order valence-electron chi connectivity index (χ3n) is 4.04. The highest BCUT2D eigenvalue weighted by atomic mass is 16.5. The molecule has 1 heterocycles. The molecular formula is C13H21N3O4. The molecule has 20 heavy (non-hydrogen) atoms. The molecule has 1 saturated carbocycles. The minimum Gasteiger partial charge on any atom is -0.384 e. The van der Waals surface area contributed by atoms with Crippen molar-refractivity contribution in [3.8, 4) is 0 Å². The topological polar surface area (TPSA) is 96.5 Å². The van der Waals surface area contributed by atoms with E-state index in [4.69, 9.17) is 4.74 Å². The van der Waals surface area contributed by atoms with Gasteiger partial charge in [-0.15, -0.1) is 0 Å². The molecule has 2 aliphatic rings. The lowest BCUT2D eigenvalue weighted by atomic mass is 9.69. The largest absolute Gasteiger partial charge is 0.384 e. The Morgan fingerprint density at radius 3 is 2.80 bits per heavy atom. The minimum absolute atomic E-state index is 0.0349. The van der Waals surface area contributed by atoms with Crippen molar-refractivity contribution < 1.29 is 19.1 Å². The molecule has 1 aliphatic heterocycles. The summed E-state index contributed by atoms with van der Waals surface area (Å²) in [4.78, 5) is 34.6. The highest BCUT2D eigenvalue weighted by Crippen LogP contribution is 2.40. The highest BCUT2D eigenvalue weighted by Gasteiger charge is 2.38. The van der Waals surface area contributed by atoms with Gasteiger partial charge in [-0.2, -0.15) is 0 Å². The first-order chi connectivity index (χ1) is 9.54. The van der Waals surface area contributed by atoms with Gasteiger partial charge in [0.1, 0.15) is 6.04 Å². The molecule has 0 spiro atoms. The lowest BCUT2D eigenvalue weighted by Gasteiger charge is -2.41. The number of methoxy groups -OCH3 is 1. The van der Waals surface area contributed by atoms with Gasteiger partial charge in [0.2, 0.25) is 11.8 Å². The van der Waals surface area contributed by atoms with Crippen molar-refractivity contribution in [3.63, 3.8) is 0 Å². The van der Waals surface area contributed by atoms with Crippen LogP contribution in [0.1, 0.15) is 32.1 Å². The molecule has 0 aromatic heterocycles. The van der Waals surface area contributed by atoms with Crippen LogP contribution in [0.2, 0.25) is 0 Å². The molecule has 2 fully saturated rings. The fourth-order valence-electron chi connectivity index (χ4n) is 2.68. The second kappa shape index (κ2) is 6.21. The fraction of sp³-hybridized carbons (Fsp3) is 0.769. The molecule has 3 N–H and O–H groups in total. The van der Waals surface area contributed by atoms with Crippen molar-refractivity contribution >= 4 is 17.8 Å². The molecule has 0 aromatic rings. The lowest BCUT2D eigenvalue weighted by molar-refractivity contribution is -0.124. The summed E-state index contributed by atoms with van der Waals surface area (Å²) in [5.41, 5.74) is 0.0349. The Hall–Kier alpha value is -1.63. The smallest absolute Gasteiger partial charge is 0.322 e. The zero-order valence-corrected chi connectivity index (χ0v) is 11.7. The predicted molar refractivity (Wildman–Crippen MR) is 70.9 cm³/mol. The first kappa shape index (κ1) is 14.8. The number of urea groups is 1. The van der Waals surface area contributed by atoms with Gasteiger partial charge in [0.25, 0.3) is 0 Å². The Kier molecular flexibility index (Phi) is 4.59. The number of hydrogen-bond acceptors (Lipinski definition) is 4. The molecule has 7 nitrogen and oxygen atoms in total. The quantitative estimate of drug-likeness (QED) is 0.657. The van der Waals surface area contributed by atoms with Gasteiger partial charge in [0.05, 0.1) is 6.61 Å². The summed E-state index contributed by atoms with van der Waals surface area (Å²) in [7, 11) is 1.66. The predicted octanol–water partition coefficient (Wildman–Crippen LogP) is -0.0925. The first-order valence-electron chi connectivity index (χ1n) is 6.92. The summed E-state index contributed by atoms with van der Waals surface area (Å²) in [5.74, 6) is -0.593. The summed E-state index contributed by atoms with van der Waals surface area (Å²) in [6, 6.07) is -1.26. The Bertz CT molecular complexity index is 406. The third-order valence-corrected chi connectivity index (χ3v) is 4.04. The van der Waals surface area contributed by atoms with Gasteiger partial charge < -0.3 is 15.4 Å². The zero-order chi connectivity index (χ0) is 14.6. The second-order valence-electron chi connectivity index (χ2n) is 5.62. The summed E-state index contributed by atoms with van der Waals surface area (Å²) in [6.45, 7) is 1.18. The number of carbonyl (C=O) groups is 3. The van der Waals surface area contributed by atoms with Gasteiger partial charge >= 0.3 is 6.03 Å². The molecule has 4 amide bonds. The van der Waals surface area contributed by atoms with E-state index >= 15 is 0 Å². The fourth-order valence-corrected chi connectivity index (χ4v) is 2.68. The number of rotatable bonds is 5. The summed E-state index contributed by atoms with van der Waals surface area (Å²) in [5, 5.41) is 7.52. The van der Waals surface area contributed by atoms with Gasteiger partial charge in [-0.1, -0.05) is 6.42 Å². The van der Waals surface area contributed by atoms with E-state index in [-0.39, 0.29) is 23.7 Å². The van der Waals surface area contributed by atoms with Gasteiger partial charge in [-0.05, 0) is 19.3 Å². The van der Waals surface area contributed by atoms with Crippen LogP contribution in [-0.2, 0) is 14.3 Å². The van der Waals surface area contributed by atoms with Crippen LogP contribution in [0.4, 0.5) is 4.79 Å². The van der Waals surface area contributed by atoms with Crippen LogP contribution in [0.15, 0.2) is 0 Å². The average molecular weight is 283 g/mol. The third kappa shape index (κ3) is 3.47. The molecule has 1 saturated heterocycles. The SMILES string of the molecule is COCC1(CNC(=O)[C@H]2CCC(=O)NC(=O)N2)CCC1. The van der Waals surface area contributed by atoms with Crippen LogP contribution in [0.25, 0.3) is 0 Å². The van der Waals surface area contributed by atoms with Crippen molar-refractivity contribution in [2.24, 2.45) is 5.41 Å². The van der Waals surface area contributed by atoms with Crippen molar-refractivity contribution in [2.45, 2.75) is 38.1 Å². The summed E-state index contributed by atoms with van der Waals surface area (Å²) < 4.78 is 5.20. The molecule has 0 aromatic carbocycles. The minimum atomic E-state index is -0.652. The van der Waals surface area contributed by atoms with E-state index in [0.29, 0.717) is 19.6 Å². The van der Waals surface area contributed by atoms with Crippen LogP contribution >= 0.6 is 0 Å². The molecule has 2 rings (SSSR count). The molecule has 7 heteroatoms. The van der Waals surface area contributed by atoms with E-state index in [9.17, 15) is 14.4 Å². The van der Waals surface area contributed by atoms with Gasteiger partial charge in [-0.3, -0.25) is 14.9 Å². The Balaban J connectivity index is 1.84. The summed E-state index contributed by atoms with van der Waals surface area (Å²) in [6.07, 6.45) is 3.72. The molecule has 1 atom stereocenters. The number of amides is 4. The monoisotopic (exact) mass is 283 g/mol. The standard InChI is InChI=1S/C13H21N3O4/c1-20-8-13(5-2-6-13)7-14-11(18)9-3-4-10(17)16-12(19)15-9/h9H,2-8H2,1H3,(H,14,18)(H2,15,16,17,19)/t9-/m1/s1. The molecule has 0 unspecified atom stereocenters. The van der Waals surface area contributed by atoms with Crippen LogP contribution in [0, 0.1) is 5.41 Å². The number of nitrogens with one attached hydrogen (secondary N) is 3. The van der Waals surface area contributed by atoms with Gasteiger partial charge in [0.15, 0.2) is 0 Å². The summed E-state index contributed by atoms with van der Waals surface area (Å²) >= 11 is 0. The Labute approximate surface area is 117 Å². The maximum Gasteiger partial charge on any atom is 0.322 e. The Morgan fingerprint density at radius 2 is 2.20 bits per heavy atom. The molecule has 0 radical (unpaired) electrons. The normalized spacial score (nSPS) is 24.9. The van der Waals surface area contributed by atoms with Crippen molar-refractivity contribution in [1.82, 2.24) is 16.0 Å². The lowest BCUT2D eigenvalue weighted by Crippen LogP contribution is -2.52. The van der Waals surface area contributed by atoms with Crippen LogP contribution in [-0.4, -0.2) is 44.1 Å². The van der Waals surface area contributed by atoms with Gasteiger partial charge in [-0.25, -0.2) is 4.79 Å². The van der Waals surface area contributed by atoms with E-state index < -0.39 is 12.1 Å². The van der Waals surface area contributed by atoms with E-state index in [0.717, 1.165) is 19.3 Å². The highest BCUT2D eigenvalue weighted by molar-refractivity contribution is 5.98. The maximum absolute atomic E-state index is 12.1. The number of imide groups is 1. The molecular weight excluding hydrogens is 262 g/mol. The van der Waals surface area contributed by atoms with Crippen LogP contribution in [0.3, 0.4) is 0 Å². The molecule has 0 bridgehead atoms. The average Bonchev–Trinajstić information content (AvgIpc) is 2.53. The van der Waals surface area contributed by atoms with Crippen molar-refractivity contribution in [2.75, 3.05) is 20.3 Å². The first-order valence-corrected chi connectivity index (χ1v) is 6.92. The van der Waals surface area contributed by atoms with E-state index in [1.54, 1.807) is 7.11 Å². The second-order valence-corrected chi connectivity index (χ2v) is 5.62.